The lowest BCUT2D eigenvalue weighted by atomic mass is 10.1. The summed E-state index contributed by atoms with van der Waals surface area (Å²) in [6.45, 7) is 3.03. The number of halogens is 4. The van der Waals surface area contributed by atoms with Crippen LogP contribution in [-0.2, 0) is 6.18 Å². The molecule has 0 bridgehead atoms. The maximum Gasteiger partial charge on any atom is 0.419 e. The van der Waals surface area contributed by atoms with Crippen molar-refractivity contribution in [3.05, 3.63) is 29.8 Å². The molecule has 1 aliphatic rings. The molecule has 3 aromatic rings. The van der Waals surface area contributed by atoms with Crippen molar-refractivity contribution >= 4 is 22.5 Å². The summed E-state index contributed by atoms with van der Waals surface area (Å²) in [5.41, 5.74) is -0.806. The number of benzene rings is 1. The minimum absolute atomic E-state index is 0.0686. The van der Waals surface area contributed by atoms with E-state index in [0.29, 0.717) is 24.6 Å². The first-order chi connectivity index (χ1) is 11.8. The minimum Gasteiger partial charge on any atom is -0.351 e. The Morgan fingerprint density at radius 3 is 2.48 bits per heavy atom. The van der Waals surface area contributed by atoms with Gasteiger partial charge in [0.1, 0.15) is 12.1 Å². The van der Waals surface area contributed by atoms with Crippen molar-refractivity contribution in [3.63, 3.8) is 0 Å². The van der Waals surface area contributed by atoms with Gasteiger partial charge in [0, 0.05) is 32.2 Å². The molecule has 1 fully saturated rings. The van der Waals surface area contributed by atoms with Crippen LogP contribution in [0.15, 0.2) is 18.5 Å². The fourth-order valence-electron chi connectivity index (χ4n) is 2.99. The molecule has 1 saturated heterocycles. The number of rotatable bonds is 1. The molecule has 4 rings (SSSR count). The molecular weight excluding hydrogens is 340 g/mol. The van der Waals surface area contributed by atoms with E-state index in [2.05, 4.69) is 20.0 Å². The standard InChI is InChI=1S/C15H14F4N6/c1-23-2-4-24(5-3-23)14-13-20-8-21-25(13)12-6-9(15(17,18)19)10(16)7-11(12)22-14/h6-8H,2-5H2,1H3. The van der Waals surface area contributed by atoms with Crippen LogP contribution < -0.4 is 4.90 Å². The van der Waals surface area contributed by atoms with Crippen molar-refractivity contribution in [3.8, 4) is 0 Å². The van der Waals surface area contributed by atoms with Gasteiger partial charge < -0.3 is 9.80 Å². The summed E-state index contributed by atoms with van der Waals surface area (Å²) in [5.74, 6) is -0.853. The van der Waals surface area contributed by atoms with Crippen LogP contribution in [0.1, 0.15) is 5.56 Å². The predicted molar refractivity (Wildman–Crippen MR) is 83.0 cm³/mol. The number of piperazine rings is 1. The second kappa shape index (κ2) is 5.51. The highest BCUT2D eigenvalue weighted by Crippen LogP contribution is 2.34. The fraction of sp³-hybridized carbons (Fsp3) is 0.400. The largest absolute Gasteiger partial charge is 0.419 e. The van der Waals surface area contributed by atoms with Crippen LogP contribution in [0.3, 0.4) is 0 Å². The lowest BCUT2D eigenvalue weighted by molar-refractivity contribution is -0.139. The Morgan fingerprint density at radius 2 is 1.80 bits per heavy atom. The van der Waals surface area contributed by atoms with Crippen molar-refractivity contribution in [2.45, 2.75) is 6.18 Å². The first-order valence-electron chi connectivity index (χ1n) is 7.68. The second-order valence-electron chi connectivity index (χ2n) is 6.04. The molecule has 132 valence electrons. The van der Waals surface area contributed by atoms with E-state index in [9.17, 15) is 17.6 Å². The molecular formula is C15H14F4N6. The zero-order chi connectivity index (χ0) is 17.8. The highest BCUT2D eigenvalue weighted by Gasteiger charge is 2.35. The van der Waals surface area contributed by atoms with Gasteiger partial charge in [-0.3, -0.25) is 0 Å². The Kier molecular flexibility index (Phi) is 3.53. The molecule has 6 nitrogen and oxygen atoms in total. The second-order valence-corrected chi connectivity index (χ2v) is 6.04. The zero-order valence-corrected chi connectivity index (χ0v) is 13.3. The summed E-state index contributed by atoms with van der Waals surface area (Å²) in [6.07, 6.45) is -3.53. The molecule has 0 atom stereocenters. The molecule has 25 heavy (non-hydrogen) atoms. The third-order valence-corrected chi connectivity index (χ3v) is 4.37. The van der Waals surface area contributed by atoms with Crippen molar-refractivity contribution in [1.82, 2.24) is 24.5 Å². The molecule has 10 heteroatoms. The van der Waals surface area contributed by atoms with Gasteiger partial charge in [0.05, 0.1) is 16.6 Å². The van der Waals surface area contributed by atoms with E-state index < -0.39 is 17.6 Å². The summed E-state index contributed by atoms with van der Waals surface area (Å²) >= 11 is 0. The number of hydrogen-bond donors (Lipinski definition) is 0. The van der Waals surface area contributed by atoms with Crippen LogP contribution in [-0.4, -0.2) is 57.7 Å². The SMILES string of the molecule is CN1CCN(c2nc3cc(F)c(C(F)(F)F)cc3n3ncnc23)CC1. The number of alkyl halides is 3. The maximum atomic E-state index is 13.9. The minimum atomic E-state index is -4.79. The molecule has 1 aliphatic heterocycles. The third-order valence-electron chi connectivity index (χ3n) is 4.37. The topological polar surface area (TPSA) is 49.6 Å². The number of nitrogens with zero attached hydrogens (tertiary/aromatic N) is 6. The van der Waals surface area contributed by atoms with E-state index in [1.54, 1.807) is 0 Å². The van der Waals surface area contributed by atoms with E-state index in [1.165, 1.54) is 10.8 Å². The number of aromatic nitrogens is 4. The zero-order valence-electron chi connectivity index (χ0n) is 13.3. The number of likely N-dealkylation sites (N-methyl/N-ethyl adjacent to an activating group) is 1. The highest BCUT2D eigenvalue weighted by atomic mass is 19.4. The summed E-state index contributed by atoms with van der Waals surface area (Å²) in [5, 5.41) is 4.01. The van der Waals surface area contributed by atoms with Crippen molar-refractivity contribution < 1.29 is 17.6 Å². The highest BCUT2D eigenvalue weighted by molar-refractivity contribution is 5.83. The Labute approximate surface area is 139 Å². The number of anilines is 1. The lowest BCUT2D eigenvalue weighted by Gasteiger charge is -2.33. The molecule has 3 heterocycles. The van der Waals surface area contributed by atoms with Gasteiger partial charge in [-0.25, -0.2) is 18.9 Å². The van der Waals surface area contributed by atoms with E-state index in [-0.39, 0.29) is 11.0 Å². The van der Waals surface area contributed by atoms with Gasteiger partial charge in [-0.05, 0) is 13.1 Å². The number of hydrogen-bond acceptors (Lipinski definition) is 5. The summed E-state index contributed by atoms with van der Waals surface area (Å²) in [6, 6.07) is 1.53. The van der Waals surface area contributed by atoms with Crippen LogP contribution in [0, 0.1) is 5.82 Å². The molecule has 0 N–H and O–H groups in total. The van der Waals surface area contributed by atoms with Crippen LogP contribution in [0.2, 0.25) is 0 Å². The van der Waals surface area contributed by atoms with Crippen LogP contribution in [0.4, 0.5) is 23.4 Å². The normalized spacial score (nSPS) is 16.9. The molecule has 0 amide bonds. The molecule has 0 spiro atoms. The van der Waals surface area contributed by atoms with E-state index in [0.717, 1.165) is 25.2 Å². The van der Waals surface area contributed by atoms with Gasteiger partial charge in [0.25, 0.3) is 0 Å². The lowest BCUT2D eigenvalue weighted by Crippen LogP contribution is -2.45. The molecule has 0 saturated carbocycles. The van der Waals surface area contributed by atoms with Gasteiger partial charge in [-0.15, -0.1) is 0 Å². The van der Waals surface area contributed by atoms with Crippen LogP contribution >= 0.6 is 0 Å². The van der Waals surface area contributed by atoms with Gasteiger partial charge in [-0.1, -0.05) is 0 Å². The molecule has 1 aromatic carbocycles. The first-order valence-corrected chi connectivity index (χ1v) is 7.68. The predicted octanol–water partition coefficient (Wildman–Crippen LogP) is 2.19. The smallest absolute Gasteiger partial charge is 0.351 e. The average molecular weight is 354 g/mol. The van der Waals surface area contributed by atoms with E-state index in [4.69, 9.17) is 0 Å². The third kappa shape index (κ3) is 2.66. The van der Waals surface area contributed by atoms with E-state index in [1.807, 2.05) is 11.9 Å². The molecule has 0 unspecified atom stereocenters. The Morgan fingerprint density at radius 1 is 1.08 bits per heavy atom. The Balaban J connectivity index is 1.93. The number of fused-ring (bicyclic) bond motifs is 3. The van der Waals surface area contributed by atoms with Gasteiger partial charge in [-0.2, -0.15) is 18.3 Å². The van der Waals surface area contributed by atoms with Crippen LogP contribution in [0.5, 0.6) is 0 Å². The van der Waals surface area contributed by atoms with Crippen molar-refractivity contribution in [2.75, 3.05) is 38.1 Å². The van der Waals surface area contributed by atoms with Crippen molar-refractivity contribution in [2.24, 2.45) is 0 Å². The first kappa shape index (κ1) is 16.0. The fourth-order valence-corrected chi connectivity index (χ4v) is 2.99. The monoisotopic (exact) mass is 354 g/mol. The summed E-state index contributed by atoms with van der Waals surface area (Å²) < 4.78 is 54.2. The van der Waals surface area contributed by atoms with Crippen LogP contribution in [0.25, 0.3) is 16.7 Å². The molecule has 0 radical (unpaired) electrons. The molecule has 2 aromatic heterocycles. The summed E-state index contributed by atoms with van der Waals surface area (Å²) in [7, 11) is 2.01. The average Bonchev–Trinajstić information content (AvgIpc) is 3.03. The Bertz CT molecular complexity index is 942. The van der Waals surface area contributed by atoms with Crippen molar-refractivity contribution in [1.29, 1.82) is 0 Å². The van der Waals surface area contributed by atoms with Gasteiger partial charge in [0.2, 0.25) is 0 Å². The van der Waals surface area contributed by atoms with Gasteiger partial charge in [0.15, 0.2) is 11.5 Å². The molecule has 0 aliphatic carbocycles. The quantitative estimate of drug-likeness (QED) is 0.627. The maximum absolute atomic E-state index is 13.9. The Hall–Kier alpha value is -2.49. The summed E-state index contributed by atoms with van der Waals surface area (Å²) in [4.78, 5) is 12.7. The van der Waals surface area contributed by atoms with Gasteiger partial charge >= 0.3 is 6.18 Å². The van der Waals surface area contributed by atoms with E-state index >= 15 is 0 Å².